The molecule has 9 nitrogen and oxygen atoms in total. The van der Waals surface area contributed by atoms with E-state index in [-0.39, 0.29) is 23.3 Å². The molecule has 0 saturated carbocycles. The molecule has 3 amide bonds. The lowest BCUT2D eigenvalue weighted by Crippen LogP contribution is -2.32. The van der Waals surface area contributed by atoms with Gasteiger partial charge < -0.3 is 10.1 Å². The number of ether oxygens (including phenoxy) is 1. The number of aromatic nitrogens is 3. The molecule has 0 spiro atoms. The summed E-state index contributed by atoms with van der Waals surface area (Å²) in [6.07, 6.45) is -0.925. The Bertz CT molecular complexity index is 1880. The van der Waals surface area contributed by atoms with Gasteiger partial charge in [0, 0.05) is 11.3 Å². The van der Waals surface area contributed by atoms with Crippen molar-refractivity contribution in [1.82, 2.24) is 20.1 Å². The van der Waals surface area contributed by atoms with E-state index in [0.29, 0.717) is 23.1 Å². The fourth-order valence-electron chi connectivity index (χ4n) is 5.60. The first kappa shape index (κ1) is 32.0. The summed E-state index contributed by atoms with van der Waals surface area (Å²) < 4.78 is 42.8. The van der Waals surface area contributed by atoms with Gasteiger partial charge in [0.05, 0.1) is 17.1 Å². The van der Waals surface area contributed by atoms with E-state index < -0.39 is 12.4 Å². The minimum absolute atomic E-state index is 0.109. The molecule has 1 N–H and O–H groups in total. The summed E-state index contributed by atoms with van der Waals surface area (Å²) in [4.78, 5) is 36.3. The minimum Gasteiger partial charge on any atom is -0.406 e. The third kappa shape index (κ3) is 7.25. The van der Waals surface area contributed by atoms with Gasteiger partial charge in [-0.1, -0.05) is 62.0 Å². The van der Waals surface area contributed by atoms with Crippen molar-refractivity contribution in [3.63, 3.8) is 0 Å². The van der Waals surface area contributed by atoms with E-state index >= 15 is 0 Å². The molecule has 242 valence electrons. The Kier molecular flexibility index (Phi) is 8.91. The molecule has 13 heteroatoms. The number of benzene rings is 3. The van der Waals surface area contributed by atoms with Crippen LogP contribution in [0.2, 0.25) is 0 Å². The van der Waals surface area contributed by atoms with Crippen LogP contribution in [0.3, 0.4) is 0 Å². The van der Waals surface area contributed by atoms with Crippen LogP contribution in [0.4, 0.5) is 23.7 Å². The van der Waals surface area contributed by atoms with Crippen molar-refractivity contribution in [2.24, 2.45) is 4.99 Å². The van der Waals surface area contributed by atoms with E-state index in [1.54, 1.807) is 4.90 Å². The quantitative estimate of drug-likeness (QED) is 0.216. The third-order valence-electron chi connectivity index (χ3n) is 7.81. The van der Waals surface area contributed by atoms with Crippen LogP contribution in [0.5, 0.6) is 5.75 Å². The lowest BCUT2D eigenvalue weighted by atomic mass is 9.99. The van der Waals surface area contributed by atoms with Crippen molar-refractivity contribution in [3.8, 4) is 22.8 Å². The number of alkyl halides is 3. The van der Waals surface area contributed by atoms with E-state index in [1.807, 2.05) is 49.4 Å². The maximum Gasteiger partial charge on any atom is 0.573 e. The molecule has 1 aliphatic carbocycles. The molecule has 0 bridgehead atoms. The number of amides is 3. The molecule has 1 saturated heterocycles. The molecule has 1 fully saturated rings. The highest BCUT2D eigenvalue weighted by atomic mass is 32.2. The number of nitrogens with one attached hydrogen (secondary N) is 1. The first-order chi connectivity index (χ1) is 22.4. The molecule has 6 rings (SSSR count). The Morgan fingerprint density at radius 1 is 1.02 bits per heavy atom. The number of hydrogen-bond donors (Lipinski definition) is 1. The summed E-state index contributed by atoms with van der Waals surface area (Å²) in [5.41, 5.74) is 6.82. The van der Waals surface area contributed by atoms with Crippen molar-refractivity contribution in [2.45, 2.75) is 52.3 Å². The number of halogens is 3. The number of thioether (sulfide) groups is 1. The number of carbonyl (C=O) groups is 2. The average molecular weight is 661 g/mol. The van der Waals surface area contributed by atoms with Gasteiger partial charge in [-0.2, -0.15) is 4.99 Å². The van der Waals surface area contributed by atoms with Crippen LogP contribution in [-0.2, 0) is 4.79 Å². The van der Waals surface area contributed by atoms with Gasteiger partial charge in [-0.25, -0.2) is 14.5 Å². The second kappa shape index (κ2) is 13.1. The van der Waals surface area contributed by atoms with E-state index in [4.69, 9.17) is 0 Å². The molecule has 1 aromatic heterocycles. The van der Waals surface area contributed by atoms with Gasteiger partial charge in [-0.3, -0.25) is 9.69 Å². The maximum atomic E-state index is 13.2. The summed E-state index contributed by atoms with van der Waals surface area (Å²) in [7, 11) is 0. The minimum atomic E-state index is -4.76. The zero-order valence-corrected chi connectivity index (χ0v) is 26.7. The van der Waals surface area contributed by atoms with Gasteiger partial charge in [-0.05, 0) is 84.7 Å². The SMILES string of the molecule is Cc1ccc(C(C)C)c(N2C(=O)CSC2=NC(=O)NC2=C(c3ccc(-c4ncn(-c5ccc(OC(F)(F)F)cc5)n4)cc3)CCC2)c1. The number of anilines is 1. The normalized spacial score (nSPS) is 16.1. The lowest BCUT2D eigenvalue weighted by molar-refractivity contribution is -0.274. The van der Waals surface area contributed by atoms with Gasteiger partial charge in [0.2, 0.25) is 5.91 Å². The molecule has 2 heterocycles. The van der Waals surface area contributed by atoms with Crippen molar-refractivity contribution < 1.29 is 27.5 Å². The van der Waals surface area contributed by atoms with Crippen LogP contribution in [0.15, 0.2) is 83.7 Å². The zero-order chi connectivity index (χ0) is 33.3. The van der Waals surface area contributed by atoms with Gasteiger partial charge in [0.1, 0.15) is 12.1 Å². The molecular formula is C34H31F3N6O3S. The second-order valence-electron chi connectivity index (χ2n) is 11.5. The van der Waals surface area contributed by atoms with Crippen LogP contribution >= 0.6 is 11.8 Å². The highest BCUT2D eigenvalue weighted by molar-refractivity contribution is 8.15. The lowest BCUT2D eigenvalue weighted by Gasteiger charge is -2.22. The molecular weight excluding hydrogens is 629 g/mol. The Labute approximate surface area is 273 Å². The monoisotopic (exact) mass is 660 g/mol. The van der Waals surface area contributed by atoms with E-state index in [0.717, 1.165) is 52.1 Å². The predicted molar refractivity (Wildman–Crippen MR) is 175 cm³/mol. The van der Waals surface area contributed by atoms with Crippen LogP contribution < -0.4 is 15.0 Å². The zero-order valence-electron chi connectivity index (χ0n) is 25.8. The van der Waals surface area contributed by atoms with Gasteiger partial charge in [0.15, 0.2) is 11.0 Å². The molecule has 0 unspecified atom stereocenters. The van der Waals surface area contributed by atoms with Crippen molar-refractivity contribution in [2.75, 3.05) is 10.7 Å². The van der Waals surface area contributed by atoms with Gasteiger partial charge >= 0.3 is 12.4 Å². The molecule has 47 heavy (non-hydrogen) atoms. The largest absolute Gasteiger partial charge is 0.573 e. The molecule has 1 aliphatic heterocycles. The molecule has 0 atom stereocenters. The highest BCUT2D eigenvalue weighted by Crippen LogP contribution is 2.36. The number of amidine groups is 1. The van der Waals surface area contributed by atoms with Crippen molar-refractivity contribution in [3.05, 3.63) is 95.4 Å². The summed E-state index contributed by atoms with van der Waals surface area (Å²) >= 11 is 1.25. The average Bonchev–Trinajstić information content (AvgIpc) is 3.77. The molecule has 2 aliphatic rings. The fourth-order valence-corrected chi connectivity index (χ4v) is 6.46. The number of aliphatic imine (C=N–C) groups is 1. The maximum absolute atomic E-state index is 13.2. The number of allylic oxidation sites excluding steroid dienone is 2. The Hall–Kier alpha value is -4.91. The second-order valence-corrected chi connectivity index (χ2v) is 12.4. The summed E-state index contributed by atoms with van der Waals surface area (Å²) in [6.45, 7) is 6.10. The Morgan fingerprint density at radius 3 is 2.45 bits per heavy atom. The Balaban J connectivity index is 1.17. The first-order valence-corrected chi connectivity index (χ1v) is 16.0. The van der Waals surface area contributed by atoms with Crippen LogP contribution in [-0.4, -0.2) is 44.0 Å². The van der Waals surface area contributed by atoms with Crippen LogP contribution in [0, 0.1) is 6.92 Å². The number of carbonyl (C=O) groups excluding carboxylic acids is 2. The predicted octanol–water partition coefficient (Wildman–Crippen LogP) is 8.01. The highest BCUT2D eigenvalue weighted by Gasteiger charge is 2.33. The van der Waals surface area contributed by atoms with Crippen LogP contribution in [0.25, 0.3) is 22.6 Å². The number of aryl methyl sites for hydroxylation is 1. The molecule has 3 aromatic carbocycles. The first-order valence-electron chi connectivity index (χ1n) is 15.0. The van der Waals surface area contributed by atoms with E-state index in [9.17, 15) is 22.8 Å². The van der Waals surface area contributed by atoms with Crippen LogP contribution in [0.1, 0.15) is 55.7 Å². The molecule has 4 aromatic rings. The standard InChI is InChI=1S/C34H31F3N6O3S/c1-20(2)26-16-7-21(3)17-29(26)43-30(44)18-47-33(43)40-32(45)39-28-6-4-5-27(28)22-8-10-23(11-9-22)31-38-19-42(41-31)24-12-14-25(15-13-24)46-34(35,36)37/h7-17,19-20H,4-6,18H2,1-3H3,(H,39,45). The third-order valence-corrected chi connectivity index (χ3v) is 8.73. The van der Waals surface area contributed by atoms with Gasteiger partial charge in [0.25, 0.3) is 0 Å². The summed E-state index contributed by atoms with van der Waals surface area (Å²) in [6, 6.07) is 18.5. The number of urea groups is 1. The number of nitrogens with zero attached hydrogens (tertiary/aromatic N) is 5. The topological polar surface area (TPSA) is 102 Å². The summed E-state index contributed by atoms with van der Waals surface area (Å²) in [5, 5.41) is 7.81. The van der Waals surface area contributed by atoms with Crippen molar-refractivity contribution in [1.29, 1.82) is 0 Å². The number of hydrogen-bond acceptors (Lipinski definition) is 6. The fraction of sp³-hybridized carbons (Fsp3) is 0.265. The van der Waals surface area contributed by atoms with Crippen molar-refractivity contribution >= 4 is 40.1 Å². The smallest absolute Gasteiger partial charge is 0.406 e. The summed E-state index contributed by atoms with van der Waals surface area (Å²) in [5.74, 6) is 0.416. The van der Waals surface area contributed by atoms with E-state index in [2.05, 4.69) is 39.0 Å². The molecule has 0 radical (unpaired) electrons. The van der Waals surface area contributed by atoms with Gasteiger partial charge in [-0.15, -0.1) is 18.3 Å². The van der Waals surface area contributed by atoms with E-state index in [1.165, 1.54) is 47.0 Å². The number of rotatable bonds is 7. The Morgan fingerprint density at radius 2 is 1.74 bits per heavy atom.